The predicted octanol–water partition coefficient (Wildman–Crippen LogP) is 3.72. The summed E-state index contributed by atoms with van der Waals surface area (Å²) in [5, 5.41) is 10.1. The largest absolute Gasteiger partial charge is 0.497 e. The summed E-state index contributed by atoms with van der Waals surface area (Å²) in [6.45, 7) is 2.06. The first-order valence-electron chi connectivity index (χ1n) is 8.88. The van der Waals surface area contributed by atoms with E-state index in [9.17, 15) is 9.59 Å². The molecule has 158 valence electrons. The zero-order valence-electron chi connectivity index (χ0n) is 16.6. The van der Waals surface area contributed by atoms with Gasteiger partial charge < -0.3 is 19.5 Å². The molecule has 3 rings (SSSR count). The summed E-state index contributed by atoms with van der Waals surface area (Å²) in [6, 6.07) is 5.35. The average molecular weight is 449 g/mol. The molecule has 0 atom stereocenters. The summed E-state index contributed by atoms with van der Waals surface area (Å²) < 4.78 is 15.4. The second kappa shape index (κ2) is 10.0. The Labute approximate surface area is 181 Å². The zero-order valence-corrected chi connectivity index (χ0v) is 18.2. The number of esters is 1. The molecule has 30 heavy (non-hydrogen) atoms. The number of carbonyl (C=O) groups excluding carboxylic acids is 2. The second-order valence-electron chi connectivity index (χ2n) is 5.81. The van der Waals surface area contributed by atoms with Crippen LogP contribution in [0.2, 0.25) is 0 Å². The second-order valence-corrected chi connectivity index (χ2v) is 7.53. The topological polar surface area (TPSA) is 112 Å². The monoisotopic (exact) mass is 448 g/mol. The van der Waals surface area contributed by atoms with Crippen molar-refractivity contribution in [3.8, 4) is 11.5 Å². The van der Waals surface area contributed by atoms with Crippen molar-refractivity contribution in [2.45, 2.75) is 13.3 Å². The summed E-state index contributed by atoms with van der Waals surface area (Å²) in [5.74, 6) is 0.512. The highest BCUT2D eigenvalue weighted by atomic mass is 32.1. The van der Waals surface area contributed by atoms with Crippen molar-refractivity contribution in [2.24, 2.45) is 0 Å². The summed E-state index contributed by atoms with van der Waals surface area (Å²) >= 11 is 2.51. The molecule has 1 amide bonds. The first-order chi connectivity index (χ1) is 14.5. The van der Waals surface area contributed by atoms with Crippen LogP contribution in [0.4, 0.5) is 16.0 Å². The maximum atomic E-state index is 12.5. The number of hydrogen-bond donors (Lipinski definition) is 2. The van der Waals surface area contributed by atoms with Crippen molar-refractivity contribution in [3.05, 3.63) is 40.3 Å². The first-order valence-corrected chi connectivity index (χ1v) is 10.6. The Morgan fingerprint density at radius 2 is 1.87 bits per heavy atom. The van der Waals surface area contributed by atoms with Crippen molar-refractivity contribution in [1.82, 2.24) is 9.97 Å². The Hall–Kier alpha value is -3.18. The maximum absolute atomic E-state index is 12.5. The zero-order chi connectivity index (χ0) is 21.5. The van der Waals surface area contributed by atoms with Gasteiger partial charge in [-0.25, -0.2) is 9.97 Å². The van der Waals surface area contributed by atoms with Crippen molar-refractivity contribution < 1.29 is 23.8 Å². The third-order valence-corrected chi connectivity index (χ3v) is 5.35. The molecule has 0 aliphatic heterocycles. The van der Waals surface area contributed by atoms with Crippen LogP contribution in [0.25, 0.3) is 0 Å². The highest BCUT2D eigenvalue weighted by Gasteiger charge is 2.15. The summed E-state index contributed by atoms with van der Waals surface area (Å²) in [6.07, 6.45) is 0.0642. The number of carbonyl (C=O) groups is 2. The SMILES string of the molecule is CCOC(=O)Cc1csc(NC(=O)c2csc(Nc3ccc(OC)cc3OC)n2)n1. The van der Waals surface area contributed by atoms with Gasteiger partial charge in [0.05, 0.1) is 38.6 Å². The van der Waals surface area contributed by atoms with Gasteiger partial charge in [0.15, 0.2) is 10.3 Å². The summed E-state index contributed by atoms with van der Waals surface area (Å²) in [4.78, 5) is 32.5. The van der Waals surface area contributed by atoms with E-state index in [1.165, 1.54) is 22.7 Å². The van der Waals surface area contributed by atoms with E-state index in [-0.39, 0.29) is 18.1 Å². The number of anilines is 3. The highest BCUT2D eigenvalue weighted by Crippen LogP contribution is 2.32. The molecule has 0 fully saturated rings. The normalized spacial score (nSPS) is 10.4. The number of aromatic nitrogens is 2. The van der Waals surface area contributed by atoms with Crippen LogP contribution in [0.5, 0.6) is 11.5 Å². The van der Waals surface area contributed by atoms with E-state index >= 15 is 0 Å². The van der Waals surface area contributed by atoms with Gasteiger partial charge in [-0.1, -0.05) is 0 Å². The van der Waals surface area contributed by atoms with E-state index in [4.69, 9.17) is 14.2 Å². The molecule has 9 nitrogen and oxygen atoms in total. The van der Waals surface area contributed by atoms with Gasteiger partial charge in [0.1, 0.15) is 17.2 Å². The molecule has 2 N–H and O–H groups in total. The minimum absolute atomic E-state index is 0.0642. The van der Waals surface area contributed by atoms with E-state index in [0.717, 1.165) is 0 Å². The quantitative estimate of drug-likeness (QED) is 0.477. The van der Waals surface area contributed by atoms with Crippen molar-refractivity contribution in [2.75, 3.05) is 31.5 Å². The molecule has 0 saturated heterocycles. The maximum Gasteiger partial charge on any atom is 0.311 e. The molecule has 1 aromatic carbocycles. The van der Waals surface area contributed by atoms with E-state index in [1.807, 2.05) is 0 Å². The first kappa shape index (κ1) is 21.5. The van der Waals surface area contributed by atoms with Gasteiger partial charge in [-0.2, -0.15) is 0 Å². The number of rotatable bonds is 9. The van der Waals surface area contributed by atoms with Crippen LogP contribution in [-0.4, -0.2) is 42.7 Å². The van der Waals surface area contributed by atoms with Crippen LogP contribution in [0.15, 0.2) is 29.0 Å². The number of thiazole rings is 2. The molecule has 2 aromatic heterocycles. The number of benzene rings is 1. The molecule has 3 aromatic rings. The Bertz CT molecular complexity index is 1030. The number of ether oxygens (including phenoxy) is 3. The van der Waals surface area contributed by atoms with Crippen LogP contribution in [0.3, 0.4) is 0 Å². The number of methoxy groups -OCH3 is 2. The standard InChI is InChI=1S/C19H20N4O5S2/c1-4-28-16(24)7-11-9-29-18(20-11)23-17(25)14-10-30-19(22-14)21-13-6-5-12(26-2)8-15(13)27-3/h5-6,8-10H,4,7H2,1-3H3,(H,21,22)(H,20,23,25). The average Bonchev–Trinajstić information content (AvgIpc) is 3.38. The Morgan fingerprint density at radius 3 is 2.60 bits per heavy atom. The number of nitrogens with one attached hydrogen (secondary N) is 2. The Morgan fingerprint density at radius 1 is 1.07 bits per heavy atom. The van der Waals surface area contributed by atoms with Crippen LogP contribution < -0.4 is 20.1 Å². The lowest BCUT2D eigenvalue weighted by Crippen LogP contribution is -2.12. The van der Waals surface area contributed by atoms with Gasteiger partial charge >= 0.3 is 5.97 Å². The lowest BCUT2D eigenvalue weighted by Gasteiger charge is -2.10. The van der Waals surface area contributed by atoms with Crippen LogP contribution in [0.1, 0.15) is 23.1 Å². The predicted molar refractivity (Wildman–Crippen MR) is 115 cm³/mol. The summed E-state index contributed by atoms with van der Waals surface area (Å²) in [7, 11) is 3.14. The van der Waals surface area contributed by atoms with Gasteiger partial charge in [0.25, 0.3) is 5.91 Å². The van der Waals surface area contributed by atoms with Crippen LogP contribution >= 0.6 is 22.7 Å². The lowest BCUT2D eigenvalue weighted by molar-refractivity contribution is -0.142. The van der Waals surface area contributed by atoms with Crippen molar-refractivity contribution >= 4 is 50.5 Å². The van der Waals surface area contributed by atoms with E-state index in [2.05, 4.69) is 20.6 Å². The van der Waals surface area contributed by atoms with Crippen LogP contribution in [0, 0.1) is 0 Å². The van der Waals surface area contributed by atoms with Crippen molar-refractivity contribution in [1.29, 1.82) is 0 Å². The number of hydrogen-bond acceptors (Lipinski definition) is 10. The third kappa shape index (κ3) is 5.45. The minimum Gasteiger partial charge on any atom is -0.497 e. The molecular formula is C19H20N4O5S2. The van der Waals surface area contributed by atoms with E-state index in [1.54, 1.807) is 50.1 Å². The van der Waals surface area contributed by atoms with Crippen LogP contribution in [-0.2, 0) is 16.0 Å². The fraction of sp³-hybridized carbons (Fsp3) is 0.263. The fourth-order valence-electron chi connectivity index (χ4n) is 2.42. The Kier molecular flexibility index (Phi) is 7.20. The van der Waals surface area contributed by atoms with E-state index < -0.39 is 5.91 Å². The molecule has 0 aliphatic carbocycles. The molecule has 11 heteroatoms. The van der Waals surface area contributed by atoms with Gasteiger partial charge in [-0.15, -0.1) is 22.7 Å². The lowest BCUT2D eigenvalue weighted by atomic mass is 10.3. The minimum atomic E-state index is -0.391. The fourth-order valence-corrected chi connectivity index (χ4v) is 3.83. The molecule has 0 aliphatic rings. The smallest absolute Gasteiger partial charge is 0.311 e. The number of amides is 1. The number of nitrogens with zero attached hydrogens (tertiary/aromatic N) is 2. The van der Waals surface area contributed by atoms with Crippen molar-refractivity contribution in [3.63, 3.8) is 0 Å². The van der Waals surface area contributed by atoms with Gasteiger partial charge in [0.2, 0.25) is 0 Å². The molecule has 0 saturated carbocycles. The van der Waals surface area contributed by atoms with E-state index in [0.29, 0.717) is 39.8 Å². The summed E-state index contributed by atoms with van der Waals surface area (Å²) in [5.41, 5.74) is 1.49. The van der Waals surface area contributed by atoms with Gasteiger partial charge in [-0.05, 0) is 19.1 Å². The molecule has 0 radical (unpaired) electrons. The van der Waals surface area contributed by atoms with Gasteiger partial charge in [-0.3, -0.25) is 14.9 Å². The Balaban J connectivity index is 1.63. The molecule has 0 bridgehead atoms. The van der Waals surface area contributed by atoms with Gasteiger partial charge in [0, 0.05) is 16.8 Å². The molecular weight excluding hydrogens is 428 g/mol. The molecule has 0 unspecified atom stereocenters. The highest BCUT2D eigenvalue weighted by molar-refractivity contribution is 7.14. The third-order valence-electron chi connectivity index (χ3n) is 3.79. The molecule has 2 heterocycles. The molecule has 0 spiro atoms.